The summed E-state index contributed by atoms with van der Waals surface area (Å²) in [6.07, 6.45) is 0. The second kappa shape index (κ2) is 9.15. The molecule has 0 unspecified atom stereocenters. The summed E-state index contributed by atoms with van der Waals surface area (Å²) in [5.41, 5.74) is 1.48. The Labute approximate surface area is 138 Å². The van der Waals surface area contributed by atoms with Crippen LogP contribution in [0.4, 0.5) is 0 Å². The van der Waals surface area contributed by atoms with Crippen LogP contribution in [0.3, 0.4) is 0 Å². The average Bonchev–Trinajstić information content (AvgIpc) is 2.55. The molecule has 3 N–H and O–H groups in total. The number of nitrogens with zero attached hydrogens (tertiary/aromatic N) is 1. The van der Waals surface area contributed by atoms with Crippen LogP contribution in [0, 0.1) is 0 Å². The minimum absolute atomic E-state index is 0.0497. The highest BCUT2D eigenvalue weighted by Crippen LogP contribution is 2.05. The van der Waals surface area contributed by atoms with Crippen LogP contribution in [0.2, 0.25) is 0 Å². The predicted molar refractivity (Wildman–Crippen MR) is 93.7 cm³/mol. The maximum atomic E-state index is 11.7. The Balaban J connectivity index is 2.51. The zero-order valence-electron chi connectivity index (χ0n) is 14.7. The Morgan fingerprint density at radius 1 is 1.17 bits per heavy atom. The molecule has 1 rings (SSSR count). The van der Waals surface area contributed by atoms with Crippen molar-refractivity contribution in [2.24, 2.45) is 4.99 Å². The van der Waals surface area contributed by atoms with Crippen molar-refractivity contribution >= 4 is 11.9 Å². The van der Waals surface area contributed by atoms with Gasteiger partial charge in [0.05, 0.1) is 5.60 Å². The molecule has 0 radical (unpaired) electrons. The van der Waals surface area contributed by atoms with Gasteiger partial charge in [0.25, 0.3) is 5.91 Å². The largest absolute Gasteiger partial charge is 0.377 e. The van der Waals surface area contributed by atoms with E-state index in [2.05, 4.69) is 20.9 Å². The third-order valence-electron chi connectivity index (χ3n) is 3.47. The lowest BCUT2D eigenvalue weighted by Crippen LogP contribution is -2.45. The number of hydrogen-bond acceptors (Lipinski definition) is 3. The monoisotopic (exact) mass is 320 g/mol. The summed E-state index contributed by atoms with van der Waals surface area (Å²) in [6, 6.07) is 7.52. The normalized spacial score (nSPS) is 12.0. The molecule has 0 spiro atoms. The standard InChI is InChI=1S/C17H28N4O2/c1-6-19-15(22)14-9-7-13(8-10-14)11-20-16(18-4)21-12-17(2,3)23-5/h7-10H,6,11-12H2,1-5H3,(H,19,22)(H2,18,20,21). The molecule has 1 aromatic carbocycles. The number of ether oxygens (including phenoxy) is 1. The molecule has 0 aliphatic rings. The van der Waals surface area contributed by atoms with Crippen molar-refractivity contribution in [1.29, 1.82) is 0 Å². The van der Waals surface area contributed by atoms with Gasteiger partial charge in [0, 0.05) is 39.4 Å². The fourth-order valence-electron chi connectivity index (χ4n) is 1.81. The van der Waals surface area contributed by atoms with Crippen molar-refractivity contribution in [2.75, 3.05) is 27.2 Å². The summed E-state index contributed by atoms with van der Waals surface area (Å²) >= 11 is 0. The molecule has 0 fully saturated rings. The van der Waals surface area contributed by atoms with Gasteiger partial charge in [-0.05, 0) is 38.5 Å². The van der Waals surface area contributed by atoms with Gasteiger partial charge in [-0.3, -0.25) is 9.79 Å². The molecule has 0 aliphatic heterocycles. The van der Waals surface area contributed by atoms with E-state index in [1.54, 1.807) is 14.2 Å². The number of aliphatic imine (C=N–C) groups is 1. The average molecular weight is 320 g/mol. The summed E-state index contributed by atoms with van der Waals surface area (Å²) in [4.78, 5) is 15.9. The molecule has 128 valence electrons. The molecular formula is C17H28N4O2. The molecular weight excluding hydrogens is 292 g/mol. The van der Waals surface area contributed by atoms with E-state index in [0.717, 1.165) is 5.56 Å². The van der Waals surface area contributed by atoms with Gasteiger partial charge in [-0.25, -0.2) is 0 Å². The molecule has 0 atom stereocenters. The van der Waals surface area contributed by atoms with Crippen LogP contribution in [0.1, 0.15) is 36.7 Å². The summed E-state index contributed by atoms with van der Waals surface area (Å²) in [7, 11) is 3.42. The number of nitrogens with one attached hydrogen (secondary N) is 3. The van der Waals surface area contributed by atoms with Crippen molar-refractivity contribution in [3.63, 3.8) is 0 Å². The SMILES string of the molecule is CCNC(=O)c1ccc(CNC(=NC)NCC(C)(C)OC)cc1. The Morgan fingerprint density at radius 2 is 1.83 bits per heavy atom. The first-order chi connectivity index (χ1) is 10.9. The van der Waals surface area contributed by atoms with Gasteiger partial charge in [-0.15, -0.1) is 0 Å². The van der Waals surface area contributed by atoms with Crippen LogP contribution in [0.25, 0.3) is 0 Å². The number of rotatable bonds is 7. The maximum Gasteiger partial charge on any atom is 0.251 e. The van der Waals surface area contributed by atoms with E-state index in [-0.39, 0.29) is 11.5 Å². The Hall–Kier alpha value is -2.08. The molecule has 0 aliphatic carbocycles. The highest BCUT2D eigenvalue weighted by Gasteiger charge is 2.16. The highest BCUT2D eigenvalue weighted by molar-refractivity contribution is 5.94. The lowest BCUT2D eigenvalue weighted by Gasteiger charge is -2.24. The van der Waals surface area contributed by atoms with Crippen molar-refractivity contribution in [2.45, 2.75) is 32.9 Å². The molecule has 6 heteroatoms. The van der Waals surface area contributed by atoms with Crippen molar-refractivity contribution in [3.8, 4) is 0 Å². The second-order valence-corrected chi connectivity index (χ2v) is 5.80. The minimum atomic E-state index is -0.258. The fourth-order valence-corrected chi connectivity index (χ4v) is 1.81. The molecule has 0 aromatic heterocycles. The van der Waals surface area contributed by atoms with Crippen LogP contribution >= 0.6 is 0 Å². The van der Waals surface area contributed by atoms with Gasteiger partial charge in [0.1, 0.15) is 0 Å². The quantitative estimate of drug-likeness (QED) is 0.526. The topological polar surface area (TPSA) is 74.8 Å². The highest BCUT2D eigenvalue weighted by atomic mass is 16.5. The molecule has 0 saturated carbocycles. The number of carbonyl (C=O) groups excluding carboxylic acids is 1. The predicted octanol–water partition coefficient (Wildman–Crippen LogP) is 1.53. The number of hydrogen-bond donors (Lipinski definition) is 3. The Morgan fingerprint density at radius 3 is 2.35 bits per heavy atom. The first-order valence-corrected chi connectivity index (χ1v) is 7.78. The number of benzene rings is 1. The summed E-state index contributed by atoms with van der Waals surface area (Å²) < 4.78 is 5.37. The molecule has 6 nitrogen and oxygen atoms in total. The van der Waals surface area contributed by atoms with E-state index >= 15 is 0 Å². The smallest absolute Gasteiger partial charge is 0.251 e. The minimum Gasteiger partial charge on any atom is -0.377 e. The van der Waals surface area contributed by atoms with Crippen molar-refractivity contribution in [1.82, 2.24) is 16.0 Å². The van der Waals surface area contributed by atoms with Gasteiger partial charge in [0.15, 0.2) is 5.96 Å². The van der Waals surface area contributed by atoms with Crippen LogP contribution in [0.15, 0.2) is 29.3 Å². The van der Waals surface area contributed by atoms with E-state index < -0.39 is 0 Å². The molecule has 23 heavy (non-hydrogen) atoms. The lowest BCUT2D eigenvalue weighted by molar-refractivity contribution is 0.0268. The van der Waals surface area contributed by atoms with Crippen molar-refractivity contribution in [3.05, 3.63) is 35.4 Å². The van der Waals surface area contributed by atoms with Crippen molar-refractivity contribution < 1.29 is 9.53 Å². The summed E-state index contributed by atoms with van der Waals surface area (Å²) in [5.74, 6) is 0.661. The van der Waals surface area contributed by atoms with Crippen LogP contribution in [-0.2, 0) is 11.3 Å². The van der Waals surface area contributed by atoms with Gasteiger partial charge in [-0.1, -0.05) is 12.1 Å². The summed E-state index contributed by atoms with van der Waals surface area (Å²) in [6.45, 7) is 7.82. The number of methoxy groups -OCH3 is 1. The zero-order chi connectivity index (χ0) is 17.3. The molecule has 0 heterocycles. The number of amides is 1. The van der Waals surface area contributed by atoms with E-state index in [9.17, 15) is 4.79 Å². The molecule has 1 aromatic rings. The van der Waals surface area contributed by atoms with Gasteiger partial charge < -0.3 is 20.7 Å². The first kappa shape index (κ1) is 19.0. The molecule has 0 saturated heterocycles. The van der Waals surface area contributed by atoms with E-state index in [1.165, 1.54) is 0 Å². The first-order valence-electron chi connectivity index (χ1n) is 7.78. The van der Waals surface area contributed by atoms with Gasteiger partial charge >= 0.3 is 0 Å². The fraction of sp³-hybridized carbons (Fsp3) is 0.529. The van der Waals surface area contributed by atoms with Crippen LogP contribution in [-0.4, -0.2) is 44.7 Å². The van der Waals surface area contributed by atoms with Gasteiger partial charge in [0.2, 0.25) is 0 Å². The van der Waals surface area contributed by atoms with Crippen LogP contribution < -0.4 is 16.0 Å². The van der Waals surface area contributed by atoms with E-state index in [1.807, 2.05) is 45.0 Å². The van der Waals surface area contributed by atoms with E-state index in [4.69, 9.17) is 4.74 Å². The third kappa shape index (κ3) is 6.69. The molecule has 1 amide bonds. The Bertz CT molecular complexity index is 524. The lowest BCUT2D eigenvalue weighted by atomic mass is 10.1. The zero-order valence-corrected chi connectivity index (χ0v) is 14.7. The number of guanidine groups is 1. The summed E-state index contributed by atoms with van der Waals surface area (Å²) in [5, 5.41) is 9.25. The number of carbonyl (C=O) groups is 1. The Kier molecular flexibility index (Phi) is 7.54. The second-order valence-electron chi connectivity index (χ2n) is 5.80. The molecule has 0 bridgehead atoms. The third-order valence-corrected chi connectivity index (χ3v) is 3.47. The van der Waals surface area contributed by atoms with E-state index in [0.29, 0.717) is 31.2 Å². The van der Waals surface area contributed by atoms with Crippen LogP contribution in [0.5, 0.6) is 0 Å². The van der Waals surface area contributed by atoms with Gasteiger partial charge in [-0.2, -0.15) is 0 Å². The maximum absolute atomic E-state index is 11.7.